The summed E-state index contributed by atoms with van der Waals surface area (Å²) < 4.78 is 29.4. The second kappa shape index (κ2) is 10.6. The molecule has 186 valence electrons. The van der Waals surface area contributed by atoms with E-state index in [1.54, 1.807) is 42.3 Å². The molecular weight excluding hydrogens is 468 g/mol. The number of ether oxygens (including phenoxy) is 1. The van der Waals surface area contributed by atoms with Gasteiger partial charge in [-0.05, 0) is 43.5 Å². The van der Waals surface area contributed by atoms with Gasteiger partial charge in [-0.2, -0.15) is 0 Å². The van der Waals surface area contributed by atoms with E-state index in [4.69, 9.17) is 4.74 Å². The Kier molecular flexibility index (Phi) is 7.54. The van der Waals surface area contributed by atoms with E-state index in [0.29, 0.717) is 12.1 Å². The molecule has 2 aliphatic rings. The minimum atomic E-state index is -3.17. The first-order chi connectivity index (χ1) is 16.8. The Hall–Kier alpha value is -3.20. The molecule has 1 aliphatic carbocycles. The van der Waals surface area contributed by atoms with E-state index >= 15 is 0 Å². The largest absolute Gasteiger partial charge is 0.452 e. The van der Waals surface area contributed by atoms with Crippen LogP contribution in [0.2, 0.25) is 0 Å². The molecular formula is C26H30N2O6S. The molecule has 1 atom stereocenters. The smallest absolute Gasteiger partial charge is 0.339 e. The molecule has 2 aromatic rings. The standard InChI is InChI=1S/C26H30N2O6S/c1-27(19-9-3-2-4-10-19)25(30)22-13-7-8-14-23(22)26(31)34-17-24(29)28(20-11-5-6-12-20)21-15-16-35(32,33)18-21/h2-4,7-10,13-14,20-21H,5-6,11-12,15-18H2,1H3. The van der Waals surface area contributed by atoms with Gasteiger partial charge in [0.15, 0.2) is 16.4 Å². The first-order valence-electron chi connectivity index (χ1n) is 11.9. The first-order valence-corrected chi connectivity index (χ1v) is 13.7. The molecule has 1 unspecified atom stereocenters. The van der Waals surface area contributed by atoms with Crippen LogP contribution in [0.3, 0.4) is 0 Å². The maximum atomic E-state index is 13.2. The highest BCUT2D eigenvalue weighted by Crippen LogP contribution is 2.29. The fourth-order valence-electron chi connectivity index (χ4n) is 4.96. The van der Waals surface area contributed by atoms with Crippen LogP contribution in [0.15, 0.2) is 54.6 Å². The predicted molar refractivity (Wildman–Crippen MR) is 132 cm³/mol. The van der Waals surface area contributed by atoms with Gasteiger partial charge in [0.1, 0.15) is 0 Å². The van der Waals surface area contributed by atoms with E-state index in [0.717, 1.165) is 25.7 Å². The average Bonchev–Trinajstić information content (AvgIpc) is 3.52. The Labute approximate surface area is 205 Å². The number of nitrogens with zero attached hydrogens (tertiary/aromatic N) is 2. The molecule has 2 amide bonds. The SMILES string of the molecule is CN(C(=O)c1ccccc1C(=O)OCC(=O)N(C1CCCC1)C1CCS(=O)(=O)C1)c1ccccc1. The van der Waals surface area contributed by atoms with Crippen LogP contribution in [0.5, 0.6) is 0 Å². The highest BCUT2D eigenvalue weighted by atomic mass is 32.2. The second-order valence-electron chi connectivity index (χ2n) is 9.12. The van der Waals surface area contributed by atoms with Crippen molar-refractivity contribution in [3.63, 3.8) is 0 Å². The lowest BCUT2D eigenvalue weighted by molar-refractivity contribution is -0.139. The molecule has 0 bridgehead atoms. The normalized spacial score (nSPS) is 19.3. The summed E-state index contributed by atoms with van der Waals surface area (Å²) in [5.41, 5.74) is 0.921. The van der Waals surface area contributed by atoms with Crippen molar-refractivity contribution in [2.75, 3.05) is 30.1 Å². The summed E-state index contributed by atoms with van der Waals surface area (Å²) in [6.45, 7) is -0.497. The number of hydrogen-bond donors (Lipinski definition) is 0. The zero-order valence-electron chi connectivity index (χ0n) is 19.8. The molecule has 2 aromatic carbocycles. The summed E-state index contributed by atoms with van der Waals surface area (Å²) in [4.78, 5) is 42.3. The number of rotatable bonds is 7. The van der Waals surface area contributed by atoms with E-state index in [2.05, 4.69) is 0 Å². The fourth-order valence-corrected chi connectivity index (χ4v) is 6.67. The molecule has 1 aliphatic heterocycles. The van der Waals surface area contributed by atoms with Gasteiger partial charge in [-0.15, -0.1) is 0 Å². The van der Waals surface area contributed by atoms with Crippen molar-refractivity contribution in [3.8, 4) is 0 Å². The van der Waals surface area contributed by atoms with Crippen LogP contribution < -0.4 is 4.90 Å². The van der Waals surface area contributed by atoms with Gasteiger partial charge < -0.3 is 14.5 Å². The van der Waals surface area contributed by atoms with Crippen LogP contribution in [-0.4, -0.2) is 68.3 Å². The molecule has 0 spiro atoms. The molecule has 9 heteroatoms. The number of para-hydroxylation sites is 1. The first kappa shape index (κ1) is 24.9. The van der Waals surface area contributed by atoms with Gasteiger partial charge in [-0.1, -0.05) is 43.2 Å². The Morgan fingerprint density at radius 3 is 2.14 bits per heavy atom. The van der Waals surface area contributed by atoms with Crippen LogP contribution in [-0.2, 0) is 19.4 Å². The van der Waals surface area contributed by atoms with E-state index in [1.165, 1.54) is 11.0 Å². The Morgan fingerprint density at radius 1 is 0.886 bits per heavy atom. The summed E-state index contributed by atoms with van der Waals surface area (Å²) in [5, 5.41) is 0. The predicted octanol–water partition coefficient (Wildman–Crippen LogP) is 3.08. The van der Waals surface area contributed by atoms with Crippen molar-refractivity contribution in [2.24, 2.45) is 0 Å². The highest BCUT2D eigenvalue weighted by Gasteiger charge is 2.39. The molecule has 1 heterocycles. The van der Waals surface area contributed by atoms with Crippen molar-refractivity contribution in [3.05, 3.63) is 65.7 Å². The summed E-state index contributed by atoms with van der Waals surface area (Å²) in [5.74, 6) is -1.52. The number of sulfone groups is 1. The summed E-state index contributed by atoms with van der Waals surface area (Å²) in [6, 6.07) is 15.0. The summed E-state index contributed by atoms with van der Waals surface area (Å²) >= 11 is 0. The molecule has 1 saturated heterocycles. The van der Waals surface area contributed by atoms with E-state index in [-0.39, 0.29) is 40.6 Å². The molecule has 2 fully saturated rings. The summed E-state index contributed by atoms with van der Waals surface area (Å²) in [7, 11) is -1.54. The topological polar surface area (TPSA) is 101 Å². The second-order valence-corrected chi connectivity index (χ2v) is 11.3. The van der Waals surface area contributed by atoms with Gasteiger partial charge >= 0.3 is 5.97 Å². The van der Waals surface area contributed by atoms with Crippen LogP contribution in [0.4, 0.5) is 5.69 Å². The zero-order chi connectivity index (χ0) is 25.0. The Morgan fingerprint density at radius 2 is 1.51 bits per heavy atom. The number of anilines is 1. The Balaban J connectivity index is 1.47. The van der Waals surface area contributed by atoms with Crippen LogP contribution in [0, 0.1) is 0 Å². The third-order valence-electron chi connectivity index (χ3n) is 6.76. The van der Waals surface area contributed by atoms with Crippen molar-refractivity contribution < 1.29 is 27.5 Å². The fraction of sp³-hybridized carbons (Fsp3) is 0.423. The number of esters is 1. The van der Waals surface area contributed by atoms with Crippen molar-refractivity contribution in [1.82, 2.24) is 4.90 Å². The third-order valence-corrected chi connectivity index (χ3v) is 8.51. The van der Waals surface area contributed by atoms with E-state index in [9.17, 15) is 22.8 Å². The molecule has 0 radical (unpaired) electrons. The van der Waals surface area contributed by atoms with Gasteiger partial charge in [0.2, 0.25) is 0 Å². The van der Waals surface area contributed by atoms with Crippen LogP contribution in [0.1, 0.15) is 52.8 Å². The molecule has 1 saturated carbocycles. The van der Waals surface area contributed by atoms with Gasteiger partial charge in [0, 0.05) is 24.8 Å². The quantitative estimate of drug-likeness (QED) is 0.544. The van der Waals surface area contributed by atoms with E-state index < -0.39 is 28.3 Å². The monoisotopic (exact) mass is 498 g/mol. The summed E-state index contributed by atoms with van der Waals surface area (Å²) in [6.07, 6.45) is 4.01. The molecule has 8 nitrogen and oxygen atoms in total. The van der Waals surface area contributed by atoms with Gasteiger partial charge in [-0.3, -0.25) is 9.59 Å². The molecule has 4 rings (SSSR count). The number of benzene rings is 2. The Bertz CT molecular complexity index is 1190. The lowest BCUT2D eigenvalue weighted by Gasteiger charge is -2.33. The third kappa shape index (κ3) is 5.73. The lowest BCUT2D eigenvalue weighted by atomic mass is 10.1. The zero-order valence-corrected chi connectivity index (χ0v) is 20.6. The number of hydrogen-bond acceptors (Lipinski definition) is 6. The molecule has 0 aromatic heterocycles. The molecule has 35 heavy (non-hydrogen) atoms. The maximum Gasteiger partial charge on any atom is 0.339 e. The van der Waals surface area contributed by atoms with Crippen LogP contribution >= 0.6 is 0 Å². The number of carbonyl (C=O) groups is 3. The van der Waals surface area contributed by atoms with Crippen molar-refractivity contribution in [2.45, 2.75) is 44.2 Å². The molecule has 0 N–H and O–H groups in total. The minimum Gasteiger partial charge on any atom is -0.452 e. The van der Waals surface area contributed by atoms with Gasteiger partial charge in [0.05, 0.1) is 22.6 Å². The van der Waals surface area contributed by atoms with E-state index in [1.807, 2.05) is 18.2 Å². The van der Waals surface area contributed by atoms with Gasteiger partial charge in [-0.25, -0.2) is 13.2 Å². The van der Waals surface area contributed by atoms with Gasteiger partial charge in [0.25, 0.3) is 11.8 Å². The van der Waals surface area contributed by atoms with Crippen molar-refractivity contribution in [1.29, 1.82) is 0 Å². The number of amides is 2. The highest BCUT2D eigenvalue weighted by molar-refractivity contribution is 7.91. The maximum absolute atomic E-state index is 13.2. The van der Waals surface area contributed by atoms with Crippen LogP contribution in [0.25, 0.3) is 0 Å². The lowest BCUT2D eigenvalue weighted by Crippen LogP contribution is -2.48. The van der Waals surface area contributed by atoms with Crippen molar-refractivity contribution >= 4 is 33.3 Å². The minimum absolute atomic E-state index is 0.0344. The number of carbonyl (C=O) groups excluding carboxylic acids is 3. The average molecular weight is 499 g/mol.